The maximum Gasteiger partial charge on any atom is 0.318 e. The lowest BCUT2D eigenvalue weighted by Crippen LogP contribution is -2.45. The van der Waals surface area contributed by atoms with Gasteiger partial charge in [-0.05, 0) is 63.6 Å². The Morgan fingerprint density at radius 1 is 1.10 bits per heavy atom. The summed E-state index contributed by atoms with van der Waals surface area (Å²) in [5.74, 6) is -1.93. The molecule has 1 aliphatic carbocycles. The first-order valence-electron chi connectivity index (χ1n) is 11.0. The Hall–Kier alpha value is -2.34. The van der Waals surface area contributed by atoms with Crippen LogP contribution in [0.15, 0.2) is 36.4 Å². The first kappa shape index (κ1) is 23.9. The molecule has 1 aromatic carbocycles. The number of nitrogens with zero attached hydrogens (tertiary/aromatic N) is 1. The smallest absolute Gasteiger partial charge is 0.318 e. The number of hydrogen-bond donors (Lipinski definition) is 3. The molecule has 0 bridgehead atoms. The molecule has 1 saturated heterocycles. The van der Waals surface area contributed by atoms with Crippen LogP contribution >= 0.6 is 0 Å². The average molecular weight is 417 g/mol. The Balaban J connectivity index is 0.000000575. The predicted octanol–water partition coefficient (Wildman–Crippen LogP) is 4.19. The number of hydrogen-bond acceptors (Lipinski definition) is 4. The zero-order chi connectivity index (χ0) is 22.2. The summed E-state index contributed by atoms with van der Waals surface area (Å²) in [7, 11) is 0. The highest BCUT2D eigenvalue weighted by atomic mass is 16.4. The number of piperidine rings is 1. The Kier molecular flexibility index (Phi) is 8.47. The first-order chi connectivity index (χ1) is 14.3. The number of rotatable bonds is 6. The van der Waals surface area contributed by atoms with Gasteiger partial charge in [0.1, 0.15) is 5.41 Å². The van der Waals surface area contributed by atoms with Gasteiger partial charge in [0.05, 0.1) is 5.41 Å². The van der Waals surface area contributed by atoms with Crippen molar-refractivity contribution in [1.29, 1.82) is 0 Å². The van der Waals surface area contributed by atoms with Gasteiger partial charge in [0, 0.05) is 18.8 Å². The highest BCUT2D eigenvalue weighted by Crippen LogP contribution is 2.47. The highest BCUT2D eigenvalue weighted by molar-refractivity contribution is 5.89. The molecule has 6 nitrogen and oxygen atoms in total. The average Bonchev–Trinajstić information content (AvgIpc) is 2.75. The van der Waals surface area contributed by atoms with Crippen molar-refractivity contribution >= 4 is 17.6 Å². The lowest BCUT2D eigenvalue weighted by molar-refractivity contribution is -0.152. The molecule has 0 amide bonds. The summed E-state index contributed by atoms with van der Waals surface area (Å²) in [6.07, 6.45) is 9.60. The van der Waals surface area contributed by atoms with Crippen LogP contribution in [0, 0.1) is 5.41 Å². The lowest BCUT2D eigenvalue weighted by atomic mass is 9.63. The highest BCUT2D eigenvalue weighted by Gasteiger charge is 2.50. The summed E-state index contributed by atoms with van der Waals surface area (Å²) in [4.78, 5) is 26.4. The molecule has 166 valence electrons. The molecular weight excluding hydrogens is 380 g/mol. The number of carboxylic acids is 2. The zero-order valence-electron chi connectivity index (χ0n) is 18.3. The molecule has 0 saturated carbocycles. The van der Waals surface area contributed by atoms with Gasteiger partial charge in [-0.1, -0.05) is 43.7 Å². The van der Waals surface area contributed by atoms with E-state index in [1.54, 1.807) is 19.1 Å². The van der Waals surface area contributed by atoms with Gasteiger partial charge < -0.3 is 20.8 Å². The van der Waals surface area contributed by atoms with Crippen molar-refractivity contribution in [3.63, 3.8) is 0 Å². The molecular formula is C24H36N2O4. The summed E-state index contributed by atoms with van der Waals surface area (Å²) in [5, 5.41) is 19.8. The minimum atomic E-state index is -1.31. The van der Waals surface area contributed by atoms with E-state index in [0.717, 1.165) is 38.2 Å². The standard InChI is InChI=1S/C20H25NO4.C4H11N/c1-19(17(22)23)10-7-11-20(14-19,18(24)25)15-8-3-4-9-16(15)21-12-5-2-6-13-21;1-2-3-4-5/h3-4,7-9,11H,2,5-6,10,12-14H2,1H3,(H,22,23)(H,24,25);2-5H2,1H3. The fraction of sp³-hybridized carbons (Fsp3) is 0.583. The predicted molar refractivity (Wildman–Crippen MR) is 120 cm³/mol. The van der Waals surface area contributed by atoms with Crippen molar-refractivity contribution in [2.45, 2.75) is 64.2 Å². The number of para-hydroxylation sites is 1. The largest absolute Gasteiger partial charge is 0.481 e. The molecule has 3 rings (SSSR count). The molecule has 1 aliphatic heterocycles. The molecule has 0 spiro atoms. The van der Waals surface area contributed by atoms with Crippen LogP contribution in [0.4, 0.5) is 5.69 Å². The summed E-state index contributed by atoms with van der Waals surface area (Å²) < 4.78 is 0. The first-order valence-corrected chi connectivity index (χ1v) is 11.0. The Labute approximate surface area is 179 Å². The van der Waals surface area contributed by atoms with Crippen molar-refractivity contribution in [3.05, 3.63) is 42.0 Å². The SMILES string of the molecule is CC1(C(=O)O)CC=CC(C(=O)O)(c2ccccc2N2CCCCC2)C1.CCCCN. The van der Waals surface area contributed by atoms with Crippen molar-refractivity contribution in [1.82, 2.24) is 0 Å². The van der Waals surface area contributed by atoms with Crippen LogP contribution in [-0.4, -0.2) is 41.8 Å². The zero-order valence-corrected chi connectivity index (χ0v) is 18.3. The van der Waals surface area contributed by atoms with Crippen LogP contribution in [0.1, 0.15) is 64.4 Å². The van der Waals surface area contributed by atoms with E-state index in [1.165, 1.54) is 19.3 Å². The molecule has 2 aliphatic rings. The Morgan fingerprint density at radius 2 is 1.77 bits per heavy atom. The minimum Gasteiger partial charge on any atom is -0.481 e. The number of anilines is 1. The second kappa shape index (κ2) is 10.6. The minimum absolute atomic E-state index is 0.0615. The number of benzene rings is 1. The van der Waals surface area contributed by atoms with Gasteiger partial charge in [-0.15, -0.1) is 0 Å². The molecule has 6 heteroatoms. The molecule has 0 radical (unpaired) electrons. The van der Waals surface area contributed by atoms with Crippen LogP contribution in [-0.2, 0) is 15.0 Å². The summed E-state index contributed by atoms with van der Waals surface area (Å²) >= 11 is 0. The molecule has 1 aromatic rings. The fourth-order valence-corrected chi connectivity index (χ4v) is 4.34. The van der Waals surface area contributed by atoms with Gasteiger partial charge in [-0.2, -0.15) is 0 Å². The van der Waals surface area contributed by atoms with E-state index in [9.17, 15) is 19.8 Å². The van der Waals surface area contributed by atoms with Gasteiger partial charge in [0.2, 0.25) is 0 Å². The van der Waals surface area contributed by atoms with Crippen molar-refractivity contribution in [2.24, 2.45) is 11.1 Å². The van der Waals surface area contributed by atoms with E-state index in [1.807, 2.05) is 24.3 Å². The molecule has 4 N–H and O–H groups in total. The summed E-state index contributed by atoms with van der Waals surface area (Å²) in [6, 6.07) is 7.57. The maximum absolute atomic E-state index is 12.4. The summed E-state index contributed by atoms with van der Waals surface area (Å²) in [6.45, 7) is 6.43. The number of carbonyl (C=O) groups is 2. The molecule has 1 fully saturated rings. The van der Waals surface area contributed by atoms with Gasteiger partial charge >= 0.3 is 11.9 Å². The topological polar surface area (TPSA) is 104 Å². The van der Waals surface area contributed by atoms with Crippen LogP contribution in [0.3, 0.4) is 0 Å². The van der Waals surface area contributed by atoms with Gasteiger partial charge in [-0.3, -0.25) is 9.59 Å². The fourth-order valence-electron chi connectivity index (χ4n) is 4.34. The second-order valence-electron chi connectivity index (χ2n) is 8.63. The number of unbranched alkanes of at least 4 members (excludes halogenated alkanes) is 1. The van der Waals surface area contributed by atoms with Crippen LogP contribution in [0.5, 0.6) is 0 Å². The van der Waals surface area contributed by atoms with E-state index in [-0.39, 0.29) is 6.42 Å². The number of nitrogens with two attached hydrogens (primary N) is 1. The molecule has 2 atom stereocenters. The number of aliphatic carboxylic acids is 2. The molecule has 1 heterocycles. The van der Waals surface area contributed by atoms with E-state index in [0.29, 0.717) is 12.0 Å². The van der Waals surface area contributed by atoms with Crippen molar-refractivity contribution < 1.29 is 19.8 Å². The normalized spacial score (nSPS) is 25.9. The van der Waals surface area contributed by atoms with Crippen LogP contribution in [0.2, 0.25) is 0 Å². The Morgan fingerprint density at radius 3 is 2.30 bits per heavy atom. The van der Waals surface area contributed by atoms with E-state index >= 15 is 0 Å². The van der Waals surface area contributed by atoms with E-state index in [4.69, 9.17) is 5.73 Å². The molecule has 0 aromatic heterocycles. The maximum atomic E-state index is 12.4. The molecule has 30 heavy (non-hydrogen) atoms. The van der Waals surface area contributed by atoms with Crippen molar-refractivity contribution in [2.75, 3.05) is 24.5 Å². The number of carboxylic acid groups (broad SMARTS) is 2. The van der Waals surface area contributed by atoms with E-state index in [2.05, 4.69) is 11.8 Å². The third kappa shape index (κ3) is 5.22. The van der Waals surface area contributed by atoms with Gasteiger partial charge in [0.15, 0.2) is 0 Å². The third-order valence-electron chi connectivity index (χ3n) is 6.18. The monoisotopic (exact) mass is 416 g/mol. The summed E-state index contributed by atoms with van der Waals surface area (Å²) in [5.41, 5.74) is 4.37. The van der Waals surface area contributed by atoms with Gasteiger partial charge in [0.25, 0.3) is 0 Å². The number of allylic oxidation sites excluding steroid dienone is 1. The Bertz CT molecular complexity index is 755. The van der Waals surface area contributed by atoms with E-state index < -0.39 is 22.8 Å². The van der Waals surface area contributed by atoms with Crippen LogP contribution < -0.4 is 10.6 Å². The third-order valence-corrected chi connectivity index (χ3v) is 6.18. The lowest BCUT2D eigenvalue weighted by Gasteiger charge is -2.41. The van der Waals surface area contributed by atoms with Crippen molar-refractivity contribution in [3.8, 4) is 0 Å². The quantitative estimate of drug-likeness (QED) is 0.601. The van der Waals surface area contributed by atoms with Gasteiger partial charge in [-0.25, -0.2) is 0 Å². The second-order valence-corrected chi connectivity index (χ2v) is 8.63. The molecule has 2 unspecified atom stereocenters. The van der Waals surface area contributed by atoms with Crippen LogP contribution in [0.25, 0.3) is 0 Å².